The Labute approximate surface area is 238 Å². The fraction of sp³-hybridized carbons (Fsp3) is 0.360. The Morgan fingerprint density at radius 1 is 1.02 bits per heavy atom. The van der Waals surface area contributed by atoms with Gasteiger partial charge in [0, 0.05) is 30.2 Å². The molecular weight excluding hydrogens is 600 g/mol. The van der Waals surface area contributed by atoms with Crippen LogP contribution in [-0.2, 0) is 30.5 Å². The van der Waals surface area contributed by atoms with E-state index in [2.05, 4.69) is 10.4 Å². The maximum Gasteiger partial charge on any atom is 0.416 e. The number of amides is 2. The van der Waals surface area contributed by atoms with Gasteiger partial charge in [0.15, 0.2) is 11.9 Å². The van der Waals surface area contributed by atoms with Gasteiger partial charge in [0.25, 0.3) is 0 Å². The molecule has 2 aromatic carbocycles. The summed E-state index contributed by atoms with van der Waals surface area (Å²) >= 11 is 5.83. The Balaban J connectivity index is 1.68. The van der Waals surface area contributed by atoms with Crippen molar-refractivity contribution in [1.29, 1.82) is 0 Å². The Kier molecular flexibility index (Phi) is 10.3. The van der Waals surface area contributed by atoms with Gasteiger partial charge in [0.2, 0.25) is 5.91 Å². The van der Waals surface area contributed by atoms with E-state index in [1.165, 1.54) is 42.5 Å². The molecule has 0 unspecified atom stereocenters. The van der Waals surface area contributed by atoms with Gasteiger partial charge in [-0.15, -0.1) is 5.10 Å². The first kappa shape index (κ1) is 32.5. The van der Waals surface area contributed by atoms with E-state index >= 15 is 0 Å². The molecule has 42 heavy (non-hydrogen) atoms. The lowest BCUT2D eigenvalue weighted by Gasteiger charge is -2.20. The number of hydrogen-bond donors (Lipinski definition) is 3. The minimum atomic E-state index is -5.04. The topological polar surface area (TPSA) is 130 Å². The second-order valence-corrected chi connectivity index (χ2v) is 9.40. The van der Waals surface area contributed by atoms with Gasteiger partial charge in [-0.1, -0.05) is 29.8 Å². The molecule has 0 bridgehead atoms. The number of nitrogens with zero attached hydrogens (tertiary/aromatic N) is 4. The van der Waals surface area contributed by atoms with Crippen LogP contribution in [-0.4, -0.2) is 73.4 Å². The van der Waals surface area contributed by atoms with Crippen LogP contribution in [0.5, 0.6) is 0 Å². The van der Waals surface area contributed by atoms with Crippen LogP contribution < -0.4 is 11.0 Å². The molecule has 1 aromatic heterocycles. The first-order valence-corrected chi connectivity index (χ1v) is 12.5. The van der Waals surface area contributed by atoms with Crippen molar-refractivity contribution in [2.24, 2.45) is 0 Å². The number of aliphatic hydroxyl groups excluding tert-OH is 1. The summed E-state index contributed by atoms with van der Waals surface area (Å²) in [6, 6.07) is 10.3. The summed E-state index contributed by atoms with van der Waals surface area (Å²) in [5.41, 5.74) is -1.96. The Morgan fingerprint density at radius 2 is 1.67 bits per heavy atom. The van der Waals surface area contributed by atoms with Gasteiger partial charge in [0.05, 0.1) is 12.1 Å². The lowest BCUT2D eigenvalue weighted by Crippen LogP contribution is -2.41. The third-order valence-corrected chi connectivity index (χ3v) is 6.25. The normalized spacial score (nSPS) is 12.7. The van der Waals surface area contributed by atoms with Gasteiger partial charge < -0.3 is 20.4 Å². The zero-order valence-corrected chi connectivity index (χ0v) is 22.2. The molecule has 0 saturated heterocycles. The summed E-state index contributed by atoms with van der Waals surface area (Å²) < 4.78 is 79.7. The second kappa shape index (κ2) is 13.3. The fourth-order valence-corrected chi connectivity index (χ4v) is 4.02. The van der Waals surface area contributed by atoms with Crippen molar-refractivity contribution >= 4 is 23.6 Å². The van der Waals surface area contributed by atoms with E-state index in [1.807, 2.05) is 0 Å². The number of aliphatic hydroxyl groups is 1. The second-order valence-electron chi connectivity index (χ2n) is 8.96. The van der Waals surface area contributed by atoms with Crippen molar-refractivity contribution in [1.82, 2.24) is 24.6 Å². The van der Waals surface area contributed by atoms with Gasteiger partial charge in [-0.25, -0.2) is 14.3 Å². The fourth-order valence-electron chi connectivity index (χ4n) is 3.89. The minimum Gasteiger partial charge on any atom is -0.465 e. The molecular formula is C25H24ClF6N5O5. The van der Waals surface area contributed by atoms with E-state index in [-0.39, 0.29) is 43.0 Å². The van der Waals surface area contributed by atoms with Crippen molar-refractivity contribution in [2.75, 3.05) is 19.6 Å². The number of rotatable bonds is 11. The molecule has 3 rings (SSSR count). The Hall–Kier alpha value is -4.05. The number of alkyl halides is 6. The van der Waals surface area contributed by atoms with Crippen LogP contribution in [0.4, 0.5) is 31.1 Å². The van der Waals surface area contributed by atoms with Crippen LogP contribution >= 0.6 is 11.6 Å². The van der Waals surface area contributed by atoms with Crippen LogP contribution in [0.25, 0.3) is 11.4 Å². The molecule has 0 aliphatic carbocycles. The number of carbonyl (C=O) groups is 2. The molecule has 0 spiro atoms. The van der Waals surface area contributed by atoms with E-state index in [4.69, 9.17) is 11.6 Å². The van der Waals surface area contributed by atoms with Crippen LogP contribution in [0.15, 0.2) is 53.3 Å². The number of carboxylic acid groups (broad SMARTS) is 1. The SMILES string of the molecule is O=C(Cn1nc(-c2ccc(Cl)cc2)n(C[C@H](O)C(F)(F)F)c1=O)NCCN(CCc1ccccc1C(F)(F)F)C(=O)O. The van der Waals surface area contributed by atoms with Crippen molar-refractivity contribution in [3.63, 3.8) is 0 Å². The maximum absolute atomic E-state index is 13.2. The summed E-state index contributed by atoms with van der Waals surface area (Å²) in [5.74, 6) is -1.13. The standard InChI is InChI=1S/C25H24ClF6N5O5/c26-17-7-5-16(6-8-17)21-34-37(22(40)36(21)13-19(38)25(30,31)32)14-20(39)33-10-12-35(23(41)42)11-9-15-3-1-2-4-18(15)24(27,28)29/h1-8,19,38H,9-14H2,(H,33,39)(H,41,42)/t19-/m0/s1. The number of nitrogens with one attached hydrogen (secondary N) is 1. The first-order valence-electron chi connectivity index (χ1n) is 12.2. The van der Waals surface area contributed by atoms with Crippen molar-refractivity contribution < 1.29 is 46.1 Å². The van der Waals surface area contributed by atoms with Crippen LogP contribution in [0.3, 0.4) is 0 Å². The van der Waals surface area contributed by atoms with Crippen molar-refractivity contribution in [3.8, 4) is 11.4 Å². The van der Waals surface area contributed by atoms with Gasteiger partial charge in [-0.05, 0) is 42.3 Å². The molecule has 17 heteroatoms. The van der Waals surface area contributed by atoms with E-state index in [0.29, 0.717) is 14.3 Å². The summed E-state index contributed by atoms with van der Waals surface area (Å²) in [5, 5.41) is 25.5. The van der Waals surface area contributed by atoms with E-state index in [1.54, 1.807) is 0 Å². The summed E-state index contributed by atoms with van der Waals surface area (Å²) in [6.07, 6.45) is -14.3. The summed E-state index contributed by atoms with van der Waals surface area (Å²) in [7, 11) is 0. The van der Waals surface area contributed by atoms with Gasteiger partial charge in [-0.2, -0.15) is 26.3 Å². The summed E-state index contributed by atoms with van der Waals surface area (Å²) in [4.78, 5) is 37.7. The Bertz CT molecular complexity index is 1460. The zero-order valence-electron chi connectivity index (χ0n) is 21.5. The minimum absolute atomic E-state index is 0.109. The van der Waals surface area contributed by atoms with Gasteiger partial charge in [0.1, 0.15) is 6.54 Å². The van der Waals surface area contributed by atoms with Gasteiger partial charge in [-0.3, -0.25) is 9.36 Å². The van der Waals surface area contributed by atoms with Crippen molar-refractivity contribution in [2.45, 2.75) is 38.0 Å². The quantitative estimate of drug-likeness (QED) is 0.280. The number of aromatic nitrogens is 3. The number of hydrogen-bond acceptors (Lipinski definition) is 5. The number of halogens is 7. The molecule has 0 aliphatic heterocycles. The molecule has 3 N–H and O–H groups in total. The largest absolute Gasteiger partial charge is 0.465 e. The van der Waals surface area contributed by atoms with E-state index in [9.17, 15) is 50.9 Å². The molecule has 2 amide bonds. The number of benzene rings is 2. The highest BCUT2D eigenvalue weighted by atomic mass is 35.5. The van der Waals surface area contributed by atoms with E-state index < -0.39 is 54.8 Å². The average Bonchev–Trinajstić information content (AvgIpc) is 3.19. The maximum atomic E-state index is 13.2. The highest BCUT2D eigenvalue weighted by Crippen LogP contribution is 2.32. The number of carbonyl (C=O) groups excluding carboxylic acids is 1. The predicted molar refractivity (Wildman–Crippen MR) is 137 cm³/mol. The highest BCUT2D eigenvalue weighted by molar-refractivity contribution is 6.30. The van der Waals surface area contributed by atoms with Crippen molar-refractivity contribution in [3.05, 3.63) is 75.2 Å². The monoisotopic (exact) mass is 623 g/mol. The van der Waals surface area contributed by atoms with Crippen LogP contribution in [0.2, 0.25) is 5.02 Å². The Morgan fingerprint density at radius 3 is 2.26 bits per heavy atom. The molecule has 1 heterocycles. The third kappa shape index (κ3) is 8.48. The molecule has 0 fully saturated rings. The smallest absolute Gasteiger partial charge is 0.416 e. The molecule has 3 aromatic rings. The molecule has 228 valence electrons. The first-order chi connectivity index (χ1) is 19.6. The van der Waals surface area contributed by atoms with Crippen LogP contribution in [0, 0.1) is 0 Å². The predicted octanol–water partition coefficient (Wildman–Crippen LogP) is 3.65. The third-order valence-electron chi connectivity index (χ3n) is 6.00. The molecule has 1 atom stereocenters. The zero-order chi connectivity index (χ0) is 31.2. The van der Waals surface area contributed by atoms with Gasteiger partial charge >= 0.3 is 24.1 Å². The average molecular weight is 624 g/mol. The molecule has 0 saturated carbocycles. The van der Waals surface area contributed by atoms with E-state index in [0.717, 1.165) is 11.0 Å². The lowest BCUT2D eigenvalue weighted by atomic mass is 10.0. The highest BCUT2D eigenvalue weighted by Gasteiger charge is 2.39. The van der Waals surface area contributed by atoms with Crippen LogP contribution in [0.1, 0.15) is 11.1 Å². The molecule has 10 nitrogen and oxygen atoms in total. The molecule has 0 radical (unpaired) electrons. The lowest BCUT2D eigenvalue weighted by molar-refractivity contribution is -0.207. The summed E-state index contributed by atoms with van der Waals surface area (Å²) in [6.45, 7) is -2.88. The molecule has 0 aliphatic rings.